The van der Waals surface area contributed by atoms with Crippen molar-refractivity contribution < 1.29 is 14.3 Å². The number of rotatable bonds is 6. The van der Waals surface area contributed by atoms with Crippen LogP contribution in [0.15, 0.2) is 48.9 Å². The van der Waals surface area contributed by atoms with Gasteiger partial charge in [-0.25, -0.2) is 9.97 Å². The highest BCUT2D eigenvalue weighted by Gasteiger charge is 2.30. The number of ether oxygens (including phenoxy) is 1. The molecule has 2 N–H and O–H groups in total. The molecule has 1 amide bonds. The first kappa shape index (κ1) is 21.4. The van der Waals surface area contributed by atoms with E-state index in [0.717, 1.165) is 24.0 Å². The van der Waals surface area contributed by atoms with Crippen LogP contribution in [0.4, 0.5) is 5.82 Å². The van der Waals surface area contributed by atoms with E-state index < -0.39 is 0 Å². The molecule has 0 saturated heterocycles. The third-order valence-corrected chi connectivity index (χ3v) is 6.18. The van der Waals surface area contributed by atoms with Gasteiger partial charge in [0.1, 0.15) is 0 Å². The monoisotopic (exact) mass is 480 g/mol. The van der Waals surface area contributed by atoms with Gasteiger partial charge in [-0.1, -0.05) is 23.2 Å². The van der Waals surface area contributed by atoms with E-state index in [-0.39, 0.29) is 33.2 Å². The van der Waals surface area contributed by atoms with Gasteiger partial charge in [-0.3, -0.25) is 9.59 Å². The van der Waals surface area contributed by atoms with Gasteiger partial charge >= 0.3 is 0 Å². The molecule has 1 aliphatic carbocycles. The first-order valence-corrected chi connectivity index (χ1v) is 11.0. The molecule has 9 heteroatoms. The van der Waals surface area contributed by atoms with Crippen LogP contribution in [0.1, 0.15) is 28.8 Å². The van der Waals surface area contributed by atoms with Gasteiger partial charge in [0.05, 0.1) is 28.2 Å². The van der Waals surface area contributed by atoms with Gasteiger partial charge in [0.15, 0.2) is 11.6 Å². The first-order chi connectivity index (χ1) is 16.0. The minimum absolute atomic E-state index is 0.0372. The first-order valence-electron chi connectivity index (χ1n) is 10.3. The van der Waals surface area contributed by atoms with Crippen molar-refractivity contribution in [3.63, 3.8) is 0 Å². The Kier molecular flexibility index (Phi) is 5.52. The predicted octanol–water partition coefficient (Wildman–Crippen LogP) is 5.52. The third kappa shape index (κ3) is 4.05. The van der Waals surface area contributed by atoms with Crippen LogP contribution in [-0.4, -0.2) is 33.8 Å². The smallest absolute Gasteiger partial charge is 0.228 e. The molecule has 5 rings (SSSR count). The number of aromatic amines is 1. The highest BCUT2D eigenvalue weighted by Crippen LogP contribution is 2.36. The second kappa shape index (κ2) is 8.50. The molecule has 1 saturated carbocycles. The number of hydrogen-bond acceptors (Lipinski definition) is 5. The lowest BCUT2D eigenvalue weighted by Crippen LogP contribution is -2.14. The number of anilines is 1. The zero-order valence-corrected chi connectivity index (χ0v) is 19.0. The van der Waals surface area contributed by atoms with Crippen molar-refractivity contribution in [2.24, 2.45) is 5.92 Å². The molecule has 3 aromatic heterocycles. The number of nitrogens with one attached hydrogen (secondary N) is 2. The van der Waals surface area contributed by atoms with Crippen molar-refractivity contribution in [2.45, 2.75) is 12.8 Å². The normalized spacial score (nSPS) is 13.2. The molecule has 0 atom stereocenters. The maximum absolute atomic E-state index is 13.4. The number of halogens is 2. The molecule has 3 heterocycles. The van der Waals surface area contributed by atoms with Gasteiger partial charge in [-0.2, -0.15) is 0 Å². The molecule has 0 bridgehead atoms. The minimum atomic E-state index is -0.332. The molecule has 4 aromatic rings. The number of nitrogens with zero attached hydrogens (tertiary/aromatic N) is 2. The van der Waals surface area contributed by atoms with Crippen molar-refractivity contribution in [3.8, 4) is 17.0 Å². The second-order valence-electron chi connectivity index (χ2n) is 7.78. The van der Waals surface area contributed by atoms with E-state index in [1.807, 2.05) is 6.07 Å². The Morgan fingerprint density at radius 3 is 2.48 bits per heavy atom. The summed E-state index contributed by atoms with van der Waals surface area (Å²) in [7, 11) is 1.54. The molecule has 0 unspecified atom stereocenters. The molecule has 33 heavy (non-hydrogen) atoms. The number of hydrogen-bond donors (Lipinski definition) is 2. The lowest BCUT2D eigenvalue weighted by Gasteiger charge is -2.10. The fourth-order valence-corrected chi connectivity index (χ4v) is 4.32. The lowest BCUT2D eigenvalue weighted by atomic mass is 9.99. The molecular formula is C24H18Cl2N4O3. The van der Waals surface area contributed by atoms with E-state index in [9.17, 15) is 9.59 Å². The average Bonchev–Trinajstić information content (AvgIpc) is 3.58. The van der Waals surface area contributed by atoms with Crippen molar-refractivity contribution in [1.29, 1.82) is 0 Å². The Balaban J connectivity index is 1.49. The quantitative estimate of drug-likeness (QED) is 0.354. The molecule has 0 radical (unpaired) electrons. The maximum Gasteiger partial charge on any atom is 0.228 e. The summed E-state index contributed by atoms with van der Waals surface area (Å²) in [6.45, 7) is 0. The summed E-state index contributed by atoms with van der Waals surface area (Å²) in [4.78, 5) is 37.1. The fraction of sp³-hybridized carbons (Fsp3) is 0.167. The number of ketones is 1. The molecule has 1 aliphatic rings. The number of carbonyl (C=O) groups excluding carboxylic acids is 2. The average molecular weight is 481 g/mol. The highest BCUT2D eigenvalue weighted by molar-refractivity contribution is 6.42. The highest BCUT2D eigenvalue weighted by atomic mass is 35.5. The van der Waals surface area contributed by atoms with Gasteiger partial charge in [0.2, 0.25) is 11.8 Å². The van der Waals surface area contributed by atoms with Crippen LogP contribution < -0.4 is 10.1 Å². The fourth-order valence-electron chi connectivity index (χ4n) is 3.66. The Labute approximate surface area is 199 Å². The van der Waals surface area contributed by atoms with Gasteiger partial charge in [0, 0.05) is 47.1 Å². The maximum atomic E-state index is 13.4. The van der Waals surface area contributed by atoms with Crippen LogP contribution in [0, 0.1) is 5.92 Å². The van der Waals surface area contributed by atoms with Crippen molar-refractivity contribution in [3.05, 3.63) is 70.1 Å². The van der Waals surface area contributed by atoms with E-state index in [1.165, 1.54) is 0 Å². The van der Waals surface area contributed by atoms with Crippen molar-refractivity contribution in [1.82, 2.24) is 15.0 Å². The van der Waals surface area contributed by atoms with Crippen LogP contribution in [0.2, 0.25) is 10.0 Å². The zero-order chi connectivity index (χ0) is 23.1. The molecule has 166 valence electrons. The largest absolute Gasteiger partial charge is 0.481 e. The topological polar surface area (TPSA) is 97.0 Å². The number of H-pyrrole nitrogens is 1. The Morgan fingerprint density at radius 2 is 1.85 bits per heavy atom. The SMILES string of the molecule is COc1ccc(-c2cc(Cl)c(C(=O)c3c[nH]c4c(NC(=O)C5CC5)nccc34)c(Cl)c2)cn1. The number of amides is 1. The summed E-state index contributed by atoms with van der Waals surface area (Å²) in [5.41, 5.74) is 2.67. The van der Waals surface area contributed by atoms with E-state index in [4.69, 9.17) is 27.9 Å². The third-order valence-electron chi connectivity index (χ3n) is 5.58. The molecular weight excluding hydrogens is 463 g/mol. The van der Waals surface area contributed by atoms with Crippen molar-refractivity contribution >= 4 is 51.6 Å². The Bertz CT molecular complexity index is 1370. The van der Waals surface area contributed by atoms with Gasteiger partial charge < -0.3 is 15.0 Å². The standard InChI is InChI=1S/C24H18Cl2N4O3/c1-33-19-5-4-13(10-28-19)14-8-17(25)20(18(26)9-14)22(31)16-11-29-21-15(16)6-7-27-23(21)30-24(32)12-2-3-12/h4-12,29H,2-3H2,1H3,(H,27,30,32). The molecule has 7 nitrogen and oxygen atoms in total. The number of carbonyl (C=O) groups is 2. The predicted molar refractivity (Wildman–Crippen MR) is 127 cm³/mol. The van der Waals surface area contributed by atoms with Crippen LogP contribution in [0.3, 0.4) is 0 Å². The van der Waals surface area contributed by atoms with Gasteiger partial charge in [-0.05, 0) is 42.7 Å². The summed E-state index contributed by atoms with van der Waals surface area (Å²) in [6, 6.07) is 8.64. The van der Waals surface area contributed by atoms with Crippen LogP contribution in [-0.2, 0) is 4.79 Å². The van der Waals surface area contributed by atoms with E-state index in [0.29, 0.717) is 28.2 Å². The summed E-state index contributed by atoms with van der Waals surface area (Å²) in [6.07, 6.45) is 6.55. The molecule has 0 aliphatic heterocycles. The summed E-state index contributed by atoms with van der Waals surface area (Å²) >= 11 is 13.0. The van der Waals surface area contributed by atoms with Crippen molar-refractivity contribution in [2.75, 3.05) is 12.4 Å². The number of fused-ring (bicyclic) bond motifs is 1. The molecule has 0 spiro atoms. The van der Waals surface area contributed by atoms with Crippen LogP contribution >= 0.6 is 23.2 Å². The van der Waals surface area contributed by atoms with E-state index in [2.05, 4.69) is 20.3 Å². The minimum Gasteiger partial charge on any atom is -0.481 e. The molecule has 1 aromatic carbocycles. The Morgan fingerprint density at radius 1 is 1.09 bits per heavy atom. The van der Waals surface area contributed by atoms with Gasteiger partial charge in [-0.15, -0.1) is 0 Å². The second-order valence-corrected chi connectivity index (χ2v) is 8.60. The number of methoxy groups -OCH3 is 1. The summed E-state index contributed by atoms with van der Waals surface area (Å²) < 4.78 is 5.09. The van der Waals surface area contributed by atoms with Gasteiger partial charge in [0.25, 0.3) is 0 Å². The van der Waals surface area contributed by atoms with E-state index in [1.54, 1.807) is 50.0 Å². The summed E-state index contributed by atoms with van der Waals surface area (Å²) in [5, 5.41) is 3.91. The number of aromatic nitrogens is 3. The number of pyridine rings is 2. The van der Waals surface area contributed by atoms with E-state index >= 15 is 0 Å². The van der Waals surface area contributed by atoms with Crippen LogP contribution in [0.5, 0.6) is 5.88 Å². The van der Waals surface area contributed by atoms with Crippen LogP contribution in [0.25, 0.3) is 22.0 Å². The number of benzene rings is 1. The lowest BCUT2D eigenvalue weighted by molar-refractivity contribution is -0.117. The summed E-state index contributed by atoms with van der Waals surface area (Å²) in [5.74, 6) is 0.524. The zero-order valence-electron chi connectivity index (χ0n) is 17.5. The Hall–Kier alpha value is -3.42. The molecule has 1 fully saturated rings.